The quantitative estimate of drug-likeness (QED) is 0.335. The number of nitrogens with one attached hydrogen (secondary N) is 4. The molecule has 34 heavy (non-hydrogen) atoms. The molecule has 0 aliphatic heterocycles. The fourth-order valence-corrected chi connectivity index (χ4v) is 2.98. The van der Waals surface area contributed by atoms with Crippen molar-refractivity contribution in [1.29, 1.82) is 0 Å². The molecule has 4 aromatic rings. The first-order valence-electron chi connectivity index (χ1n) is 11.0. The maximum absolute atomic E-state index is 12.4. The lowest BCUT2D eigenvalue weighted by Crippen LogP contribution is -2.34. The molecule has 0 aromatic carbocycles. The molecule has 0 saturated carbocycles. The standard InChI is InChI=1S/C22H22N8O2.C2H6/c1-12(2)23-21(31)28-17-10-7-15-8-11-18(27-20(15)26-17)30-22(32)29-16-9-6-14-5-4-13(3)24-19(14)25-16;1-2/h4-12H,1-3H3,(H4,23,24,25,26,27,28,29,30,31,32);1-2H3. The monoisotopic (exact) mass is 460 g/mol. The normalized spacial score (nSPS) is 10.4. The summed E-state index contributed by atoms with van der Waals surface area (Å²) in [5.74, 6) is 1.03. The number of nitrogens with zero attached hydrogens (tertiary/aromatic N) is 4. The largest absolute Gasteiger partial charge is 0.336 e. The van der Waals surface area contributed by atoms with E-state index in [0.717, 1.165) is 16.5 Å². The highest BCUT2D eigenvalue weighted by Gasteiger charge is 2.09. The topological polar surface area (TPSA) is 134 Å². The van der Waals surface area contributed by atoms with E-state index in [1.807, 2.05) is 52.8 Å². The van der Waals surface area contributed by atoms with E-state index in [0.29, 0.717) is 28.7 Å². The van der Waals surface area contributed by atoms with Gasteiger partial charge in [0.1, 0.15) is 17.5 Å². The molecular formula is C24H28N8O2. The summed E-state index contributed by atoms with van der Waals surface area (Å²) in [5, 5.41) is 12.4. The number of hydrogen-bond acceptors (Lipinski definition) is 6. The molecule has 0 aliphatic rings. The van der Waals surface area contributed by atoms with E-state index in [1.54, 1.807) is 30.3 Å². The number of amides is 4. The van der Waals surface area contributed by atoms with Crippen molar-refractivity contribution < 1.29 is 9.59 Å². The Morgan fingerprint density at radius 3 is 1.53 bits per heavy atom. The zero-order valence-electron chi connectivity index (χ0n) is 19.8. The molecule has 0 saturated heterocycles. The highest BCUT2D eigenvalue weighted by molar-refractivity contribution is 5.99. The van der Waals surface area contributed by atoms with E-state index in [-0.39, 0.29) is 12.1 Å². The number of rotatable bonds is 4. The Balaban J connectivity index is 0.00000158. The minimum absolute atomic E-state index is 0.000190. The van der Waals surface area contributed by atoms with Crippen LogP contribution in [0.25, 0.3) is 22.1 Å². The number of hydrogen-bond donors (Lipinski definition) is 4. The number of fused-ring (bicyclic) bond motifs is 2. The summed E-state index contributed by atoms with van der Waals surface area (Å²) in [6.45, 7) is 9.61. The predicted molar refractivity (Wildman–Crippen MR) is 135 cm³/mol. The Kier molecular flexibility index (Phi) is 7.86. The molecule has 4 amide bonds. The Hall–Kier alpha value is -4.34. The lowest BCUT2D eigenvalue weighted by atomic mass is 10.2. The molecule has 0 atom stereocenters. The van der Waals surface area contributed by atoms with E-state index >= 15 is 0 Å². The van der Waals surface area contributed by atoms with E-state index in [4.69, 9.17) is 0 Å². The molecule has 10 heteroatoms. The molecule has 0 radical (unpaired) electrons. The van der Waals surface area contributed by atoms with Gasteiger partial charge in [-0.15, -0.1) is 0 Å². The number of aromatic nitrogens is 4. The molecule has 10 nitrogen and oxygen atoms in total. The van der Waals surface area contributed by atoms with Crippen LogP contribution in [0.5, 0.6) is 0 Å². The second kappa shape index (κ2) is 11.0. The SMILES string of the molecule is CC.Cc1ccc2ccc(NC(=O)Nc3ccc4ccc(NC(=O)NC(C)C)nc4n3)nc2n1. The molecule has 0 bridgehead atoms. The number of anilines is 3. The zero-order valence-corrected chi connectivity index (χ0v) is 19.8. The fourth-order valence-electron chi connectivity index (χ4n) is 2.98. The van der Waals surface area contributed by atoms with Gasteiger partial charge >= 0.3 is 12.1 Å². The zero-order chi connectivity index (χ0) is 24.7. The number of carbonyl (C=O) groups is 2. The average Bonchev–Trinajstić information content (AvgIpc) is 2.79. The summed E-state index contributed by atoms with van der Waals surface area (Å²) in [4.78, 5) is 41.7. The third kappa shape index (κ3) is 6.35. The maximum atomic E-state index is 12.4. The Bertz CT molecular complexity index is 1320. The van der Waals surface area contributed by atoms with Gasteiger partial charge in [0.05, 0.1) is 0 Å². The van der Waals surface area contributed by atoms with Crippen LogP contribution in [0.3, 0.4) is 0 Å². The van der Waals surface area contributed by atoms with E-state index in [2.05, 4.69) is 41.2 Å². The second-order valence-corrected chi connectivity index (χ2v) is 7.47. The maximum Gasteiger partial charge on any atom is 0.326 e. The van der Waals surface area contributed by atoms with Crippen LogP contribution in [0.2, 0.25) is 0 Å². The van der Waals surface area contributed by atoms with Crippen LogP contribution in [0.4, 0.5) is 27.0 Å². The van der Waals surface area contributed by atoms with Crippen molar-refractivity contribution in [1.82, 2.24) is 25.3 Å². The molecule has 4 N–H and O–H groups in total. The van der Waals surface area contributed by atoms with Crippen LogP contribution in [-0.4, -0.2) is 38.0 Å². The van der Waals surface area contributed by atoms with Crippen LogP contribution < -0.4 is 21.3 Å². The lowest BCUT2D eigenvalue weighted by molar-refractivity contribution is 0.250. The van der Waals surface area contributed by atoms with E-state index < -0.39 is 6.03 Å². The van der Waals surface area contributed by atoms with Crippen LogP contribution in [0, 0.1) is 6.92 Å². The molecule has 4 heterocycles. The molecule has 0 aliphatic carbocycles. The van der Waals surface area contributed by atoms with Gasteiger partial charge in [-0.25, -0.2) is 29.5 Å². The minimum Gasteiger partial charge on any atom is -0.336 e. The molecule has 4 rings (SSSR count). The number of urea groups is 2. The molecule has 0 unspecified atom stereocenters. The Labute approximate surface area is 197 Å². The van der Waals surface area contributed by atoms with Crippen molar-refractivity contribution in [2.45, 2.75) is 40.7 Å². The van der Waals surface area contributed by atoms with Gasteiger partial charge in [0, 0.05) is 22.5 Å². The predicted octanol–water partition coefficient (Wildman–Crippen LogP) is 5.08. The third-order valence-corrected chi connectivity index (χ3v) is 4.39. The Morgan fingerprint density at radius 2 is 1.06 bits per heavy atom. The first kappa shape index (κ1) is 24.3. The van der Waals surface area contributed by atoms with E-state index in [9.17, 15) is 9.59 Å². The fraction of sp³-hybridized carbons (Fsp3) is 0.250. The lowest BCUT2D eigenvalue weighted by Gasteiger charge is -2.10. The van der Waals surface area contributed by atoms with Gasteiger partial charge in [0.15, 0.2) is 11.3 Å². The van der Waals surface area contributed by atoms with Gasteiger partial charge < -0.3 is 5.32 Å². The van der Waals surface area contributed by atoms with Crippen molar-refractivity contribution in [3.63, 3.8) is 0 Å². The van der Waals surface area contributed by atoms with Crippen molar-refractivity contribution in [2.24, 2.45) is 0 Å². The highest BCUT2D eigenvalue weighted by atomic mass is 16.2. The summed E-state index contributed by atoms with van der Waals surface area (Å²) in [6.07, 6.45) is 0. The molecule has 176 valence electrons. The van der Waals surface area contributed by atoms with Crippen LogP contribution in [0.15, 0.2) is 48.5 Å². The highest BCUT2D eigenvalue weighted by Crippen LogP contribution is 2.17. The first-order valence-corrected chi connectivity index (χ1v) is 11.0. The molecule has 0 fully saturated rings. The van der Waals surface area contributed by atoms with Crippen molar-refractivity contribution in [3.05, 3.63) is 54.2 Å². The Morgan fingerprint density at radius 1 is 0.647 bits per heavy atom. The second-order valence-electron chi connectivity index (χ2n) is 7.47. The third-order valence-electron chi connectivity index (χ3n) is 4.39. The summed E-state index contributed by atoms with van der Waals surface area (Å²) < 4.78 is 0. The van der Waals surface area contributed by atoms with E-state index in [1.165, 1.54) is 0 Å². The number of aryl methyl sites for hydroxylation is 1. The van der Waals surface area contributed by atoms with Gasteiger partial charge in [-0.2, -0.15) is 0 Å². The average molecular weight is 461 g/mol. The summed E-state index contributed by atoms with van der Waals surface area (Å²) >= 11 is 0. The summed E-state index contributed by atoms with van der Waals surface area (Å²) in [6, 6.07) is 13.4. The van der Waals surface area contributed by atoms with Gasteiger partial charge in [-0.05, 0) is 69.3 Å². The summed E-state index contributed by atoms with van der Waals surface area (Å²) in [5.41, 5.74) is 1.78. The molecule has 4 aromatic heterocycles. The van der Waals surface area contributed by atoms with Gasteiger partial charge in [0.2, 0.25) is 0 Å². The number of carbonyl (C=O) groups excluding carboxylic acids is 2. The van der Waals surface area contributed by atoms with Crippen molar-refractivity contribution in [3.8, 4) is 0 Å². The molecular weight excluding hydrogens is 432 g/mol. The molecule has 0 spiro atoms. The summed E-state index contributed by atoms with van der Waals surface area (Å²) in [7, 11) is 0. The van der Waals surface area contributed by atoms with Crippen LogP contribution in [-0.2, 0) is 0 Å². The van der Waals surface area contributed by atoms with Crippen LogP contribution in [0.1, 0.15) is 33.4 Å². The van der Waals surface area contributed by atoms with Gasteiger partial charge in [-0.1, -0.05) is 13.8 Å². The number of pyridine rings is 4. The van der Waals surface area contributed by atoms with Crippen molar-refractivity contribution in [2.75, 3.05) is 16.0 Å². The minimum atomic E-state index is -0.498. The van der Waals surface area contributed by atoms with Crippen molar-refractivity contribution >= 4 is 51.6 Å². The van der Waals surface area contributed by atoms with Gasteiger partial charge in [0.25, 0.3) is 0 Å². The smallest absolute Gasteiger partial charge is 0.326 e. The van der Waals surface area contributed by atoms with Gasteiger partial charge in [-0.3, -0.25) is 16.0 Å². The first-order chi connectivity index (χ1) is 16.4. The van der Waals surface area contributed by atoms with Crippen LogP contribution >= 0.6 is 0 Å².